The second-order valence-electron chi connectivity index (χ2n) is 9.54. The summed E-state index contributed by atoms with van der Waals surface area (Å²) in [6.45, 7) is 11.7. The number of nitrogens with zero attached hydrogens (tertiary/aromatic N) is 4. The third kappa shape index (κ3) is 7.60. The molecule has 0 spiro atoms. The Kier molecular flexibility index (Phi) is 12.9. The maximum Gasteiger partial charge on any atom is 0.271 e. The number of methoxy groups -OCH3 is 1. The topological polar surface area (TPSA) is 62.6 Å². The molecular weight excluding hydrogens is 557 g/mol. The minimum Gasteiger partial charge on any atom is -0.495 e. The average Bonchev–Trinajstić information content (AvgIpc) is 3.24. The molecule has 0 aliphatic carbocycles. The van der Waals surface area contributed by atoms with E-state index in [1.165, 1.54) is 5.69 Å². The van der Waals surface area contributed by atoms with Crippen LogP contribution in [0, 0.1) is 13.8 Å². The van der Waals surface area contributed by atoms with E-state index in [4.69, 9.17) is 21.3 Å². The molecule has 1 saturated heterocycles. The number of carbonyl (C=O) groups is 1. The predicted molar refractivity (Wildman–Crippen MR) is 165 cm³/mol. The van der Waals surface area contributed by atoms with Crippen LogP contribution in [0.1, 0.15) is 47.3 Å². The number of halogens is 3. The number of aromatic nitrogens is 2. The van der Waals surface area contributed by atoms with E-state index < -0.39 is 0 Å². The number of amides is 1. The van der Waals surface area contributed by atoms with Gasteiger partial charge in [-0.1, -0.05) is 36.7 Å². The van der Waals surface area contributed by atoms with E-state index in [1.54, 1.807) is 7.11 Å². The number of para-hydroxylation sites is 2. The van der Waals surface area contributed by atoms with Crippen molar-refractivity contribution in [2.45, 2.75) is 40.0 Å². The number of nitrogens with one attached hydrogen (secondary N) is 1. The van der Waals surface area contributed by atoms with Crippen LogP contribution in [-0.4, -0.2) is 66.7 Å². The van der Waals surface area contributed by atoms with Crippen LogP contribution >= 0.6 is 36.4 Å². The molecule has 4 rings (SSSR count). The fourth-order valence-corrected chi connectivity index (χ4v) is 5.21. The average molecular weight is 597 g/mol. The van der Waals surface area contributed by atoms with Gasteiger partial charge < -0.3 is 15.0 Å². The van der Waals surface area contributed by atoms with Crippen LogP contribution in [-0.2, 0) is 6.42 Å². The Morgan fingerprint density at radius 3 is 2.41 bits per heavy atom. The first-order valence-electron chi connectivity index (χ1n) is 13.2. The van der Waals surface area contributed by atoms with E-state index >= 15 is 0 Å². The molecule has 214 valence electrons. The molecule has 1 aliphatic heterocycles. The van der Waals surface area contributed by atoms with Crippen LogP contribution in [0.15, 0.2) is 42.5 Å². The molecule has 1 fully saturated rings. The fourth-order valence-electron chi connectivity index (χ4n) is 5.04. The van der Waals surface area contributed by atoms with Crippen molar-refractivity contribution in [3.63, 3.8) is 0 Å². The second-order valence-corrected chi connectivity index (χ2v) is 9.95. The summed E-state index contributed by atoms with van der Waals surface area (Å²) in [6.07, 6.45) is 2.62. The molecule has 2 heterocycles. The minimum absolute atomic E-state index is 0. The number of benzene rings is 2. The Bertz CT molecular complexity index is 1230. The van der Waals surface area contributed by atoms with Crippen LogP contribution in [0.4, 0.5) is 5.69 Å². The van der Waals surface area contributed by atoms with Crippen molar-refractivity contribution in [1.82, 2.24) is 19.8 Å². The highest BCUT2D eigenvalue weighted by Crippen LogP contribution is 2.28. The Hall–Kier alpha value is -2.45. The lowest BCUT2D eigenvalue weighted by Crippen LogP contribution is -2.47. The number of carbonyl (C=O) groups excluding carboxylic acids is 1. The van der Waals surface area contributed by atoms with Gasteiger partial charge in [-0.15, -0.1) is 24.8 Å². The van der Waals surface area contributed by atoms with Crippen molar-refractivity contribution < 1.29 is 9.53 Å². The van der Waals surface area contributed by atoms with Crippen LogP contribution in [0.3, 0.4) is 0 Å². The zero-order chi connectivity index (χ0) is 26.4. The van der Waals surface area contributed by atoms with Gasteiger partial charge >= 0.3 is 0 Å². The van der Waals surface area contributed by atoms with E-state index in [9.17, 15) is 4.79 Å². The SMILES string of the molecule is CCCc1nc(C(=O)NCCCN2CCN(c3cccc(Cl)c3C)CC2)c(C)n1-c1ccccc1OC.Cl.Cl. The predicted octanol–water partition coefficient (Wildman–Crippen LogP) is 5.89. The molecular formula is C29H40Cl3N5O2. The normalized spacial score (nSPS) is 13.4. The monoisotopic (exact) mass is 595 g/mol. The van der Waals surface area contributed by atoms with Crippen molar-refractivity contribution in [3.8, 4) is 11.4 Å². The smallest absolute Gasteiger partial charge is 0.271 e. The van der Waals surface area contributed by atoms with E-state index in [0.29, 0.717) is 12.2 Å². The number of anilines is 1. The molecule has 1 N–H and O–H groups in total. The lowest BCUT2D eigenvalue weighted by molar-refractivity contribution is 0.0946. The number of hydrogen-bond donors (Lipinski definition) is 1. The van der Waals surface area contributed by atoms with Crippen molar-refractivity contribution in [1.29, 1.82) is 0 Å². The van der Waals surface area contributed by atoms with Crippen molar-refractivity contribution in [3.05, 3.63) is 70.3 Å². The lowest BCUT2D eigenvalue weighted by atomic mass is 10.1. The maximum absolute atomic E-state index is 13.1. The fraction of sp³-hybridized carbons (Fsp3) is 0.448. The second kappa shape index (κ2) is 15.4. The summed E-state index contributed by atoms with van der Waals surface area (Å²) in [5.41, 5.74) is 4.60. The molecule has 10 heteroatoms. The minimum atomic E-state index is -0.121. The van der Waals surface area contributed by atoms with E-state index in [2.05, 4.69) is 39.6 Å². The molecule has 39 heavy (non-hydrogen) atoms. The van der Waals surface area contributed by atoms with E-state index in [0.717, 1.165) is 85.5 Å². The van der Waals surface area contributed by atoms with Gasteiger partial charge in [-0.2, -0.15) is 0 Å². The largest absolute Gasteiger partial charge is 0.495 e. The number of imidazole rings is 1. The first-order chi connectivity index (χ1) is 17.9. The Labute approximate surface area is 249 Å². The summed E-state index contributed by atoms with van der Waals surface area (Å²) in [5, 5.41) is 3.91. The highest BCUT2D eigenvalue weighted by Gasteiger charge is 2.22. The third-order valence-corrected chi connectivity index (χ3v) is 7.49. The molecule has 7 nitrogen and oxygen atoms in total. The summed E-state index contributed by atoms with van der Waals surface area (Å²) in [5.74, 6) is 1.52. The van der Waals surface area contributed by atoms with Gasteiger partial charge in [-0.05, 0) is 63.1 Å². The Morgan fingerprint density at radius 2 is 1.72 bits per heavy atom. The van der Waals surface area contributed by atoms with Gasteiger partial charge in [0, 0.05) is 49.9 Å². The van der Waals surface area contributed by atoms with Crippen LogP contribution in [0.2, 0.25) is 5.02 Å². The van der Waals surface area contributed by atoms with Gasteiger partial charge in [0.25, 0.3) is 5.91 Å². The Morgan fingerprint density at radius 1 is 1.03 bits per heavy atom. The highest BCUT2D eigenvalue weighted by molar-refractivity contribution is 6.31. The zero-order valence-corrected chi connectivity index (χ0v) is 25.6. The van der Waals surface area contributed by atoms with Crippen molar-refractivity contribution in [2.24, 2.45) is 0 Å². The summed E-state index contributed by atoms with van der Waals surface area (Å²) >= 11 is 6.31. The summed E-state index contributed by atoms with van der Waals surface area (Å²) in [7, 11) is 1.66. The molecule has 0 bridgehead atoms. The molecule has 3 aromatic rings. The van der Waals surface area contributed by atoms with Crippen molar-refractivity contribution in [2.75, 3.05) is 51.3 Å². The maximum atomic E-state index is 13.1. The van der Waals surface area contributed by atoms with Gasteiger partial charge in [0.2, 0.25) is 0 Å². The molecule has 2 aromatic carbocycles. The number of ether oxygens (including phenoxy) is 1. The van der Waals surface area contributed by atoms with Crippen LogP contribution in [0.25, 0.3) is 5.69 Å². The summed E-state index contributed by atoms with van der Waals surface area (Å²) in [4.78, 5) is 22.7. The molecule has 1 amide bonds. The third-order valence-electron chi connectivity index (χ3n) is 7.08. The van der Waals surface area contributed by atoms with Gasteiger partial charge in [-0.25, -0.2) is 4.98 Å². The molecule has 1 aromatic heterocycles. The Balaban J connectivity index is 0.00000267. The lowest BCUT2D eigenvalue weighted by Gasteiger charge is -2.37. The number of hydrogen-bond acceptors (Lipinski definition) is 5. The summed E-state index contributed by atoms with van der Waals surface area (Å²) < 4.78 is 7.63. The molecule has 0 saturated carbocycles. The number of aryl methyl sites for hydroxylation is 1. The molecule has 0 atom stereocenters. The van der Waals surface area contributed by atoms with Gasteiger partial charge in [0.1, 0.15) is 17.3 Å². The zero-order valence-electron chi connectivity index (χ0n) is 23.2. The van der Waals surface area contributed by atoms with Crippen molar-refractivity contribution >= 4 is 48.0 Å². The van der Waals surface area contributed by atoms with Gasteiger partial charge in [-0.3, -0.25) is 14.3 Å². The van der Waals surface area contributed by atoms with Crippen LogP contribution in [0.5, 0.6) is 5.75 Å². The summed E-state index contributed by atoms with van der Waals surface area (Å²) in [6, 6.07) is 14.0. The number of piperazine rings is 1. The first-order valence-corrected chi connectivity index (χ1v) is 13.5. The van der Waals surface area contributed by atoms with Crippen LogP contribution < -0.4 is 15.0 Å². The molecule has 0 unspecified atom stereocenters. The highest BCUT2D eigenvalue weighted by atomic mass is 35.5. The van der Waals surface area contributed by atoms with E-state index in [-0.39, 0.29) is 30.7 Å². The van der Waals surface area contributed by atoms with Gasteiger partial charge in [0.05, 0.1) is 18.5 Å². The quantitative estimate of drug-likeness (QED) is 0.296. The molecule has 0 radical (unpaired) electrons. The molecule has 1 aliphatic rings. The first kappa shape index (κ1) is 32.8. The number of rotatable bonds is 10. The van der Waals surface area contributed by atoms with Gasteiger partial charge in [0.15, 0.2) is 0 Å². The standard InChI is InChI=1S/C29H38ClN5O2.2ClH/c1-5-10-27-32-28(22(3)35(27)25-12-6-7-14-26(25)37-4)29(36)31-15-9-16-33-17-19-34(20-18-33)24-13-8-11-23(30)21(24)2;;/h6-8,11-14H,5,9-10,15-20H2,1-4H3,(H,31,36);2*1H. The van der Waals surface area contributed by atoms with E-state index in [1.807, 2.05) is 43.3 Å².